The van der Waals surface area contributed by atoms with Gasteiger partial charge < -0.3 is 15.2 Å². The van der Waals surface area contributed by atoms with Crippen molar-refractivity contribution in [3.63, 3.8) is 0 Å². The second kappa shape index (κ2) is 9.39. The van der Waals surface area contributed by atoms with Crippen LogP contribution in [0, 0.1) is 0 Å². The third kappa shape index (κ3) is 7.47. The van der Waals surface area contributed by atoms with Crippen molar-refractivity contribution < 1.29 is 14.6 Å². The zero-order valence-corrected chi connectivity index (χ0v) is 11.5. The van der Waals surface area contributed by atoms with E-state index >= 15 is 0 Å². The van der Waals surface area contributed by atoms with E-state index in [1.807, 2.05) is 12.1 Å². The molecule has 0 fully saturated rings. The van der Waals surface area contributed by atoms with E-state index < -0.39 is 5.97 Å². The fourth-order valence-electron chi connectivity index (χ4n) is 1.86. The second-order valence-corrected chi connectivity index (χ2v) is 4.58. The highest BCUT2D eigenvalue weighted by molar-refractivity contribution is 5.66. The van der Waals surface area contributed by atoms with Gasteiger partial charge in [-0.1, -0.05) is 25.0 Å². The Labute approximate surface area is 114 Å². The van der Waals surface area contributed by atoms with Gasteiger partial charge in [-0.15, -0.1) is 0 Å². The molecule has 0 saturated carbocycles. The van der Waals surface area contributed by atoms with Crippen LogP contribution in [0.1, 0.15) is 37.7 Å². The Morgan fingerprint density at radius 2 is 1.84 bits per heavy atom. The Morgan fingerprint density at radius 1 is 1.16 bits per heavy atom. The summed E-state index contributed by atoms with van der Waals surface area (Å²) in [4.78, 5) is 10.3. The number of nitrogens with one attached hydrogen (secondary N) is 1. The van der Waals surface area contributed by atoms with Crippen molar-refractivity contribution >= 4 is 5.97 Å². The summed E-state index contributed by atoms with van der Waals surface area (Å²) in [5.74, 6) is 0.180. The molecular weight excluding hydrogens is 242 g/mol. The van der Waals surface area contributed by atoms with E-state index in [0.29, 0.717) is 6.42 Å². The maximum absolute atomic E-state index is 10.3. The molecule has 106 valence electrons. The first-order valence-electron chi connectivity index (χ1n) is 6.78. The Hall–Kier alpha value is -1.55. The van der Waals surface area contributed by atoms with Gasteiger partial charge in [-0.25, -0.2) is 0 Å². The van der Waals surface area contributed by atoms with Crippen LogP contribution in [-0.4, -0.2) is 24.7 Å². The SMILES string of the molecule is COc1ccc(CNCCCCCCC(=O)O)cc1. The van der Waals surface area contributed by atoms with Crippen LogP contribution < -0.4 is 10.1 Å². The van der Waals surface area contributed by atoms with E-state index in [2.05, 4.69) is 17.4 Å². The zero-order valence-electron chi connectivity index (χ0n) is 11.5. The molecular formula is C15H23NO3. The van der Waals surface area contributed by atoms with Crippen LogP contribution in [0.25, 0.3) is 0 Å². The molecule has 0 heterocycles. The molecule has 0 radical (unpaired) electrons. The van der Waals surface area contributed by atoms with E-state index in [4.69, 9.17) is 9.84 Å². The summed E-state index contributed by atoms with van der Waals surface area (Å²) >= 11 is 0. The van der Waals surface area contributed by atoms with Gasteiger partial charge in [0.15, 0.2) is 0 Å². The number of carbonyl (C=O) groups is 1. The fraction of sp³-hybridized carbons (Fsp3) is 0.533. The summed E-state index contributed by atoms with van der Waals surface area (Å²) in [7, 11) is 1.66. The van der Waals surface area contributed by atoms with Crippen molar-refractivity contribution in [2.45, 2.75) is 38.6 Å². The highest BCUT2D eigenvalue weighted by Gasteiger charge is 1.97. The van der Waals surface area contributed by atoms with Gasteiger partial charge in [-0.05, 0) is 37.1 Å². The first-order chi connectivity index (χ1) is 9.22. The summed E-state index contributed by atoms with van der Waals surface area (Å²) in [5, 5.41) is 11.9. The highest BCUT2D eigenvalue weighted by atomic mass is 16.5. The predicted octanol–water partition coefficient (Wildman–Crippen LogP) is 2.82. The standard InChI is InChI=1S/C15H23NO3/c1-19-14-9-7-13(8-10-14)12-16-11-5-3-2-4-6-15(17)18/h7-10,16H,2-6,11-12H2,1H3,(H,17,18). The quantitative estimate of drug-likeness (QED) is 0.639. The first-order valence-corrected chi connectivity index (χ1v) is 6.78. The minimum absolute atomic E-state index is 0.291. The van der Waals surface area contributed by atoms with E-state index in [1.54, 1.807) is 7.11 Å². The van der Waals surface area contributed by atoms with Crippen molar-refractivity contribution in [1.82, 2.24) is 5.32 Å². The smallest absolute Gasteiger partial charge is 0.303 e. The number of methoxy groups -OCH3 is 1. The molecule has 0 bridgehead atoms. The molecule has 0 aromatic heterocycles. The maximum Gasteiger partial charge on any atom is 0.303 e. The average Bonchev–Trinajstić information content (AvgIpc) is 2.42. The van der Waals surface area contributed by atoms with Crippen LogP contribution >= 0.6 is 0 Å². The number of hydrogen-bond acceptors (Lipinski definition) is 3. The number of aliphatic carboxylic acids is 1. The van der Waals surface area contributed by atoms with Gasteiger partial charge in [-0.2, -0.15) is 0 Å². The van der Waals surface area contributed by atoms with Crippen LogP contribution in [0.5, 0.6) is 5.75 Å². The summed E-state index contributed by atoms with van der Waals surface area (Å²) < 4.78 is 5.10. The zero-order chi connectivity index (χ0) is 13.9. The fourth-order valence-corrected chi connectivity index (χ4v) is 1.86. The summed E-state index contributed by atoms with van der Waals surface area (Å²) in [6.45, 7) is 1.83. The number of ether oxygens (including phenoxy) is 1. The van der Waals surface area contributed by atoms with Gasteiger partial charge in [0.25, 0.3) is 0 Å². The lowest BCUT2D eigenvalue weighted by Crippen LogP contribution is -2.14. The van der Waals surface area contributed by atoms with Crippen LogP contribution in [0.15, 0.2) is 24.3 Å². The van der Waals surface area contributed by atoms with Crippen LogP contribution in [0.4, 0.5) is 0 Å². The molecule has 19 heavy (non-hydrogen) atoms. The van der Waals surface area contributed by atoms with Crippen molar-refractivity contribution in [3.05, 3.63) is 29.8 Å². The average molecular weight is 265 g/mol. The number of carboxylic acid groups (broad SMARTS) is 1. The van der Waals surface area contributed by atoms with Crippen molar-refractivity contribution in [2.75, 3.05) is 13.7 Å². The third-order valence-electron chi connectivity index (χ3n) is 2.98. The van der Waals surface area contributed by atoms with Crippen LogP contribution in [0.2, 0.25) is 0 Å². The van der Waals surface area contributed by atoms with Gasteiger partial charge >= 0.3 is 5.97 Å². The Bertz CT molecular complexity index is 362. The van der Waals surface area contributed by atoms with Gasteiger partial charge in [-0.3, -0.25) is 4.79 Å². The number of carboxylic acids is 1. The van der Waals surface area contributed by atoms with E-state index in [0.717, 1.165) is 44.5 Å². The molecule has 1 rings (SSSR count). The van der Waals surface area contributed by atoms with Gasteiger partial charge in [0.1, 0.15) is 5.75 Å². The minimum Gasteiger partial charge on any atom is -0.497 e. The van der Waals surface area contributed by atoms with Crippen molar-refractivity contribution in [1.29, 1.82) is 0 Å². The lowest BCUT2D eigenvalue weighted by Gasteiger charge is -2.06. The summed E-state index contributed by atoms with van der Waals surface area (Å²) in [6, 6.07) is 8.03. The molecule has 4 heteroatoms. The molecule has 1 aromatic rings. The molecule has 0 aliphatic heterocycles. The van der Waals surface area contributed by atoms with Gasteiger partial charge in [0.2, 0.25) is 0 Å². The molecule has 0 aliphatic carbocycles. The molecule has 4 nitrogen and oxygen atoms in total. The molecule has 2 N–H and O–H groups in total. The Balaban J connectivity index is 1.99. The molecule has 0 saturated heterocycles. The predicted molar refractivity (Wildman–Crippen MR) is 75.4 cm³/mol. The largest absolute Gasteiger partial charge is 0.497 e. The van der Waals surface area contributed by atoms with Crippen molar-refractivity contribution in [3.8, 4) is 5.75 Å². The monoisotopic (exact) mass is 265 g/mol. The molecule has 0 atom stereocenters. The van der Waals surface area contributed by atoms with Crippen LogP contribution in [0.3, 0.4) is 0 Å². The summed E-state index contributed by atoms with van der Waals surface area (Å²) in [5.41, 5.74) is 1.24. The lowest BCUT2D eigenvalue weighted by molar-refractivity contribution is -0.137. The minimum atomic E-state index is -0.697. The van der Waals surface area contributed by atoms with Crippen LogP contribution in [-0.2, 0) is 11.3 Å². The number of rotatable bonds is 10. The molecule has 0 spiro atoms. The molecule has 0 aliphatic rings. The number of benzene rings is 1. The van der Waals surface area contributed by atoms with E-state index in [1.165, 1.54) is 5.56 Å². The highest BCUT2D eigenvalue weighted by Crippen LogP contribution is 2.11. The topological polar surface area (TPSA) is 58.6 Å². The molecule has 0 amide bonds. The Morgan fingerprint density at radius 3 is 2.47 bits per heavy atom. The maximum atomic E-state index is 10.3. The van der Waals surface area contributed by atoms with Gasteiger partial charge in [0.05, 0.1) is 7.11 Å². The lowest BCUT2D eigenvalue weighted by atomic mass is 10.1. The third-order valence-corrected chi connectivity index (χ3v) is 2.98. The number of unbranched alkanes of at least 4 members (excludes halogenated alkanes) is 3. The van der Waals surface area contributed by atoms with E-state index in [-0.39, 0.29) is 0 Å². The second-order valence-electron chi connectivity index (χ2n) is 4.58. The van der Waals surface area contributed by atoms with Crippen molar-refractivity contribution in [2.24, 2.45) is 0 Å². The molecule has 0 unspecified atom stereocenters. The van der Waals surface area contributed by atoms with Gasteiger partial charge in [0, 0.05) is 13.0 Å². The normalized spacial score (nSPS) is 10.4. The number of hydrogen-bond donors (Lipinski definition) is 2. The molecule has 1 aromatic carbocycles. The Kier molecular flexibility index (Phi) is 7.66. The first kappa shape index (κ1) is 15.5. The van der Waals surface area contributed by atoms with E-state index in [9.17, 15) is 4.79 Å². The summed E-state index contributed by atoms with van der Waals surface area (Å²) in [6.07, 6.45) is 4.25.